The van der Waals surface area contributed by atoms with E-state index in [1.54, 1.807) is 11.1 Å². The van der Waals surface area contributed by atoms with Crippen LogP contribution >= 0.6 is 0 Å². The van der Waals surface area contributed by atoms with Gasteiger partial charge >= 0.3 is 0 Å². The molecule has 2 N–H and O–H groups in total. The first-order valence-corrected chi connectivity index (χ1v) is 5.39. The smallest absolute Gasteiger partial charge is 0.274 e. The summed E-state index contributed by atoms with van der Waals surface area (Å²) in [5, 5.41) is 0. The second kappa shape index (κ2) is 4.02. The molecule has 18 heavy (non-hydrogen) atoms. The third-order valence-electron chi connectivity index (χ3n) is 2.74. The van der Waals surface area contributed by atoms with Crippen molar-refractivity contribution in [2.24, 2.45) is 0 Å². The number of rotatable bonds is 1. The van der Waals surface area contributed by atoms with Gasteiger partial charge in [0.05, 0.1) is 18.4 Å². The predicted molar refractivity (Wildman–Crippen MR) is 62.1 cm³/mol. The zero-order chi connectivity index (χ0) is 12.5. The summed E-state index contributed by atoms with van der Waals surface area (Å²) in [5.74, 6) is 0.0576. The maximum absolute atomic E-state index is 12.1. The molecule has 0 bridgehead atoms. The molecule has 0 saturated heterocycles. The minimum Gasteiger partial charge on any atom is -0.368 e. The zero-order valence-electron chi connectivity index (χ0n) is 9.45. The molecule has 0 aromatic carbocycles. The Morgan fingerprint density at radius 1 is 1.22 bits per heavy atom. The highest BCUT2D eigenvalue weighted by Crippen LogP contribution is 2.21. The lowest BCUT2D eigenvalue weighted by Gasteiger charge is -2.13. The van der Waals surface area contributed by atoms with E-state index in [1.165, 1.54) is 18.6 Å². The number of hydrogen-bond donors (Lipinski definition) is 1. The van der Waals surface area contributed by atoms with E-state index in [1.807, 2.05) is 0 Å². The number of hydrogen-bond acceptors (Lipinski definition) is 6. The normalized spacial score (nSPS) is 13.4. The van der Waals surface area contributed by atoms with Crippen molar-refractivity contribution < 1.29 is 4.79 Å². The number of nitrogens with zero attached hydrogens (tertiary/aromatic N) is 5. The van der Waals surface area contributed by atoms with Crippen molar-refractivity contribution >= 4 is 11.9 Å². The van der Waals surface area contributed by atoms with Gasteiger partial charge in [-0.1, -0.05) is 0 Å². The largest absolute Gasteiger partial charge is 0.368 e. The number of anilines is 1. The molecule has 0 radical (unpaired) electrons. The first-order chi connectivity index (χ1) is 8.74. The number of carbonyl (C=O) groups excluding carboxylic acids is 1. The second-order valence-corrected chi connectivity index (χ2v) is 3.95. The Hall–Kier alpha value is -2.57. The number of fused-ring (bicyclic) bond motifs is 1. The van der Waals surface area contributed by atoms with Gasteiger partial charge in [-0.15, -0.1) is 0 Å². The summed E-state index contributed by atoms with van der Waals surface area (Å²) in [6.07, 6.45) is 6.13. The molecule has 0 spiro atoms. The summed E-state index contributed by atoms with van der Waals surface area (Å²) in [6.45, 7) is 0.905. The highest BCUT2D eigenvalue weighted by atomic mass is 16.2. The quantitative estimate of drug-likeness (QED) is 0.756. The van der Waals surface area contributed by atoms with Gasteiger partial charge in [-0.3, -0.25) is 9.78 Å². The Bertz CT molecular complexity index is 600. The molecule has 90 valence electrons. The summed E-state index contributed by atoms with van der Waals surface area (Å²) in [7, 11) is 0. The molecule has 1 aliphatic heterocycles. The van der Waals surface area contributed by atoms with E-state index in [-0.39, 0.29) is 11.9 Å². The first-order valence-electron chi connectivity index (χ1n) is 5.39. The lowest BCUT2D eigenvalue weighted by Crippen LogP contribution is -2.26. The summed E-state index contributed by atoms with van der Waals surface area (Å²) in [6, 6.07) is 0. The topological polar surface area (TPSA) is 97.9 Å². The van der Waals surface area contributed by atoms with E-state index in [9.17, 15) is 4.79 Å². The monoisotopic (exact) mass is 242 g/mol. The van der Waals surface area contributed by atoms with Crippen molar-refractivity contribution in [1.29, 1.82) is 0 Å². The molecule has 0 aliphatic carbocycles. The van der Waals surface area contributed by atoms with Gasteiger partial charge in [-0.2, -0.15) is 0 Å². The molecule has 1 aliphatic rings. The molecule has 0 fully saturated rings. The number of carbonyl (C=O) groups is 1. The Labute approximate surface area is 103 Å². The number of amides is 1. The van der Waals surface area contributed by atoms with Gasteiger partial charge in [0.25, 0.3) is 5.91 Å². The average molecular weight is 242 g/mol. The van der Waals surface area contributed by atoms with Crippen LogP contribution < -0.4 is 5.73 Å². The predicted octanol–water partition coefficient (Wildman–Crippen LogP) is 0.00480. The minimum atomic E-state index is -0.167. The molecule has 2 aromatic rings. The van der Waals surface area contributed by atoms with Crippen LogP contribution in [0.25, 0.3) is 0 Å². The molecule has 1 amide bonds. The first kappa shape index (κ1) is 10.6. The fourth-order valence-electron chi connectivity index (χ4n) is 1.88. The summed E-state index contributed by atoms with van der Waals surface area (Å²) in [4.78, 5) is 29.7. The number of aromatic nitrogens is 4. The lowest BCUT2D eigenvalue weighted by molar-refractivity contribution is 0.0744. The van der Waals surface area contributed by atoms with Gasteiger partial charge in [-0.25, -0.2) is 15.0 Å². The fraction of sp³-hybridized carbons (Fsp3) is 0.182. The van der Waals surface area contributed by atoms with Crippen LogP contribution in [-0.4, -0.2) is 30.7 Å². The molecule has 0 saturated carbocycles. The van der Waals surface area contributed by atoms with Crippen LogP contribution in [0.2, 0.25) is 0 Å². The standard InChI is InChI=1S/C11H10N6O/c12-11-15-3-7-5-17(6-9(7)16-11)10(18)8-4-13-1-2-14-8/h1-4H,5-6H2,(H2,12,15,16). The van der Waals surface area contributed by atoms with Crippen LogP contribution in [0.4, 0.5) is 5.95 Å². The van der Waals surface area contributed by atoms with Crippen molar-refractivity contribution in [3.63, 3.8) is 0 Å². The Balaban J connectivity index is 1.84. The summed E-state index contributed by atoms with van der Waals surface area (Å²) >= 11 is 0. The maximum atomic E-state index is 12.1. The van der Waals surface area contributed by atoms with Crippen molar-refractivity contribution in [3.05, 3.63) is 41.7 Å². The highest BCUT2D eigenvalue weighted by molar-refractivity contribution is 5.92. The van der Waals surface area contributed by atoms with Gasteiger partial charge in [0.2, 0.25) is 5.95 Å². The van der Waals surface area contributed by atoms with Gasteiger partial charge < -0.3 is 10.6 Å². The molecule has 0 atom stereocenters. The minimum absolute atomic E-state index is 0.167. The Morgan fingerprint density at radius 2 is 2.11 bits per heavy atom. The number of nitrogens with two attached hydrogens (primary N) is 1. The second-order valence-electron chi connectivity index (χ2n) is 3.95. The summed E-state index contributed by atoms with van der Waals surface area (Å²) < 4.78 is 0. The molecule has 3 rings (SSSR count). The Morgan fingerprint density at radius 3 is 2.89 bits per heavy atom. The van der Waals surface area contributed by atoms with E-state index in [2.05, 4.69) is 19.9 Å². The zero-order valence-corrected chi connectivity index (χ0v) is 9.45. The third-order valence-corrected chi connectivity index (χ3v) is 2.74. The van der Waals surface area contributed by atoms with Crippen molar-refractivity contribution in [2.45, 2.75) is 13.1 Å². The molecular formula is C11H10N6O. The maximum Gasteiger partial charge on any atom is 0.274 e. The van der Waals surface area contributed by atoms with E-state index in [4.69, 9.17) is 5.73 Å². The van der Waals surface area contributed by atoms with Gasteiger partial charge in [-0.05, 0) is 0 Å². The molecular weight excluding hydrogens is 232 g/mol. The van der Waals surface area contributed by atoms with Gasteiger partial charge in [0, 0.05) is 30.7 Å². The Kier molecular flexibility index (Phi) is 2.36. The fourth-order valence-corrected chi connectivity index (χ4v) is 1.88. The van der Waals surface area contributed by atoms with Crippen molar-refractivity contribution in [1.82, 2.24) is 24.8 Å². The van der Waals surface area contributed by atoms with Gasteiger partial charge in [0.1, 0.15) is 5.69 Å². The van der Waals surface area contributed by atoms with Crippen LogP contribution in [-0.2, 0) is 13.1 Å². The van der Waals surface area contributed by atoms with Crippen LogP contribution in [0.1, 0.15) is 21.7 Å². The van der Waals surface area contributed by atoms with E-state index in [0.717, 1.165) is 11.3 Å². The molecule has 7 nitrogen and oxygen atoms in total. The molecule has 2 aromatic heterocycles. The van der Waals surface area contributed by atoms with Gasteiger partial charge in [0.15, 0.2) is 0 Å². The number of nitrogen functional groups attached to an aromatic ring is 1. The van der Waals surface area contributed by atoms with Crippen molar-refractivity contribution in [2.75, 3.05) is 5.73 Å². The average Bonchev–Trinajstić information content (AvgIpc) is 2.81. The molecule has 7 heteroatoms. The molecule has 3 heterocycles. The van der Waals surface area contributed by atoms with E-state index >= 15 is 0 Å². The SMILES string of the molecule is Nc1ncc2c(n1)CN(C(=O)c1cnccn1)C2. The lowest BCUT2D eigenvalue weighted by atomic mass is 10.3. The summed E-state index contributed by atoms with van der Waals surface area (Å²) in [5.41, 5.74) is 7.55. The van der Waals surface area contributed by atoms with Crippen LogP contribution in [0.5, 0.6) is 0 Å². The van der Waals surface area contributed by atoms with Crippen molar-refractivity contribution in [3.8, 4) is 0 Å². The highest BCUT2D eigenvalue weighted by Gasteiger charge is 2.26. The van der Waals surface area contributed by atoms with E-state index in [0.29, 0.717) is 18.8 Å². The van der Waals surface area contributed by atoms with Crippen LogP contribution in [0.3, 0.4) is 0 Å². The molecule has 0 unspecified atom stereocenters. The third kappa shape index (κ3) is 1.75. The van der Waals surface area contributed by atoms with E-state index < -0.39 is 0 Å². The van der Waals surface area contributed by atoms with Crippen LogP contribution in [0.15, 0.2) is 24.8 Å². The van der Waals surface area contributed by atoms with Crippen LogP contribution in [0, 0.1) is 0 Å².